The van der Waals surface area contributed by atoms with Crippen molar-refractivity contribution in [2.45, 2.75) is 25.7 Å². The topological polar surface area (TPSA) is 27.0 Å². The minimum absolute atomic E-state index is 0.141. The zero-order valence-electron chi connectivity index (χ0n) is 9.25. The molecule has 2 nitrogen and oxygen atoms in total. The smallest absolute Gasteiger partial charge is 0.141 e. The molecular formula is C13H15FN2. The molecule has 0 bridgehead atoms. The lowest BCUT2D eigenvalue weighted by Gasteiger charge is -2.22. The molecule has 0 N–H and O–H groups in total. The molecule has 1 fully saturated rings. The van der Waals surface area contributed by atoms with Crippen molar-refractivity contribution in [3.8, 4) is 6.07 Å². The number of nitrogens with zero attached hydrogens (tertiary/aromatic N) is 2. The van der Waals surface area contributed by atoms with Crippen LogP contribution < -0.4 is 4.90 Å². The Morgan fingerprint density at radius 3 is 2.44 bits per heavy atom. The highest BCUT2D eigenvalue weighted by atomic mass is 19.1. The van der Waals surface area contributed by atoms with Crippen LogP contribution in [0.2, 0.25) is 0 Å². The molecule has 0 amide bonds. The average molecular weight is 218 g/mol. The zero-order valence-corrected chi connectivity index (χ0v) is 9.25. The predicted octanol–water partition coefficient (Wildman–Crippen LogP) is 3.08. The van der Waals surface area contributed by atoms with Crippen LogP contribution in [0.4, 0.5) is 10.1 Å². The van der Waals surface area contributed by atoms with E-state index in [1.807, 2.05) is 6.07 Å². The number of anilines is 1. The molecule has 0 saturated carbocycles. The van der Waals surface area contributed by atoms with Gasteiger partial charge in [0.05, 0.1) is 5.56 Å². The van der Waals surface area contributed by atoms with E-state index in [4.69, 9.17) is 5.26 Å². The molecule has 0 atom stereocenters. The Morgan fingerprint density at radius 1 is 1.12 bits per heavy atom. The SMILES string of the molecule is N#Cc1cc(N2CCCCCC2)ccc1F. The molecule has 16 heavy (non-hydrogen) atoms. The summed E-state index contributed by atoms with van der Waals surface area (Å²) < 4.78 is 13.2. The first-order valence-corrected chi connectivity index (χ1v) is 5.76. The molecule has 3 heteroatoms. The van der Waals surface area contributed by atoms with E-state index in [1.54, 1.807) is 12.1 Å². The number of halogens is 1. The fourth-order valence-electron chi connectivity index (χ4n) is 2.12. The summed E-state index contributed by atoms with van der Waals surface area (Å²) in [6.07, 6.45) is 4.89. The minimum Gasteiger partial charge on any atom is -0.371 e. The standard InChI is InChI=1S/C13H15FN2/c14-13-6-5-12(9-11(13)10-15)16-7-3-1-2-4-8-16/h5-6,9H,1-4,7-8H2. The maximum Gasteiger partial charge on any atom is 0.141 e. The predicted molar refractivity (Wildman–Crippen MR) is 61.8 cm³/mol. The van der Waals surface area contributed by atoms with Gasteiger partial charge >= 0.3 is 0 Å². The van der Waals surface area contributed by atoms with Crippen LogP contribution in [0, 0.1) is 17.1 Å². The Balaban J connectivity index is 2.22. The van der Waals surface area contributed by atoms with Crippen LogP contribution in [-0.2, 0) is 0 Å². The number of hydrogen-bond acceptors (Lipinski definition) is 2. The lowest BCUT2D eigenvalue weighted by atomic mass is 10.2. The van der Waals surface area contributed by atoms with Crippen molar-refractivity contribution in [2.75, 3.05) is 18.0 Å². The first-order valence-electron chi connectivity index (χ1n) is 5.76. The largest absolute Gasteiger partial charge is 0.371 e. The molecule has 0 spiro atoms. The van der Waals surface area contributed by atoms with Crippen LogP contribution in [0.5, 0.6) is 0 Å². The third-order valence-corrected chi connectivity index (χ3v) is 3.04. The number of hydrogen-bond donors (Lipinski definition) is 0. The Labute approximate surface area is 95.3 Å². The normalized spacial score (nSPS) is 16.6. The lowest BCUT2D eigenvalue weighted by Crippen LogP contribution is -2.23. The van der Waals surface area contributed by atoms with Gasteiger partial charge in [-0.25, -0.2) is 4.39 Å². The van der Waals surface area contributed by atoms with Crippen LogP contribution in [0.25, 0.3) is 0 Å². The molecule has 1 heterocycles. The van der Waals surface area contributed by atoms with Crippen molar-refractivity contribution in [3.63, 3.8) is 0 Å². The summed E-state index contributed by atoms with van der Waals surface area (Å²) in [5, 5.41) is 8.79. The molecule has 84 valence electrons. The van der Waals surface area contributed by atoms with Gasteiger partial charge in [-0.05, 0) is 31.0 Å². The van der Waals surface area contributed by atoms with Crippen LogP contribution in [0.1, 0.15) is 31.2 Å². The monoisotopic (exact) mass is 218 g/mol. The Bertz CT molecular complexity index is 401. The highest BCUT2D eigenvalue weighted by Crippen LogP contribution is 2.21. The third kappa shape index (κ3) is 2.33. The molecule has 0 aromatic heterocycles. The van der Waals surface area contributed by atoms with Gasteiger partial charge in [0.25, 0.3) is 0 Å². The number of rotatable bonds is 1. The van der Waals surface area contributed by atoms with Crippen LogP contribution in [0.15, 0.2) is 18.2 Å². The van der Waals surface area contributed by atoms with Crippen molar-refractivity contribution in [3.05, 3.63) is 29.6 Å². The van der Waals surface area contributed by atoms with Gasteiger partial charge in [-0.15, -0.1) is 0 Å². The van der Waals surface area contributed by atoms with Gasteiger partial charge < -0.3 is 4.90 Å². The zero-order chi connectivity index (χ0) is 11.4. The summed E-state index contributed by atoms with van der Waals surface area (Å²) in [7, 11) is 0. The fourth-order valence-corrected chi connectivity index (χ4v) is 2.12. The first-order chi connectivity index (χ1) is 7.81. The molecule has 0 radical (unpaired) electrons. The van der Waals surface area contributed by atoms with Gasteiger partial charge in [-0.3, -0.25) is 0 Å². The van der Waals surface area contributed by atoms with Gasteiger partial charge in [-0.1, -0.05) is 12.8 Å². The second-order valence-electron chi connectivity index (χ2n) is 4.18. The average Bonchev–Trinajstić information content (AvgIpc) is 2.58. The van der Waals surface area contributed by atoms with E-state index < -0.39 is 5.82 Å². The molecule has 1 saturated heterocycles. The fraction of sp³-hybridized carbons (Fsp3) is 0.462. The number of nitriles is 1. The second-order valence-corrected chi connectivity index (χ2v) is 4.18. The maximum atomic E-state index is 13.2. The van der Waals surface area contributed by atoms with E-state index in [1.165, 1.54) is 31.7 Å². The number of benzene rings is 1. The molecular weight excluding hydrogens is 203 g/mol. The highest BCUT2D eigenvalue weighted by molar-refractivity contribution is 5.52. The van der Waals surface area contributed by atoms with Gasteiger partial charge in [0.15, 0.2) is 0 Å². The van der Waals surface area contributed by atoms with E-state index in [2.05, 4.69) is 4.90 Å². The molecule has 0 unspecified atom stereocenters. The summed E-state index contributed by atoms with van der Waals surface area (Å²) >= 11 is 0. The molecule has 2 rings (SSSR count). The summed E-state index contributed by atoms with van der Waals surface area (Å²) in [5.74, 6) is -0.430. The van der Waals surface area contributed by atoms with Crippen molar-refractivity contribution in [1.82, 2.24) is 0 Å². The Morgan fingerprint density at radius 2 is 1.81 bits per heavy atom. The van der Waals surface area contributed by atoms with E-state index in [0.717, 1.165) is 18.8 Å². The van der Waals surface area contributed by atoms with Crippen molar-refractivity contribution < 1.29 is 4.39 Å². The van der Waals surface area contributed by atoms with Gasteiger partial charge in [0.1, 0.15) is 11.9 Å². The van der Waals surface area contributed by atoms with E-state index >= 15 is 0 Å². The molecule has 1 aromatic rings. The van der Waals surface area contributed by atoms with Crippen molar-refractivity contribution in [1.29, 1.82) is 5.26 Å². The highest BCUT2D eigenvalue weighted by Gasteiger charge is 2.11. The van der Waals surface area contributed by atoms with Crippen molar-refractivity contribution in [2.24, 2.45) is 0 Å². The Kier molecular flexibility index (Phi) is 3.40. The molecule has 1 aliphatic rings. The van der Waals surface area contributed by atoms with E-state index in [-0.39, 0.29) is 5.56 Å². The summed E-state index contributed by atoms with van der Waals surface area (Å²) in [6, 6.07) is 6.70. The van der Waals surface area contributed by atoms with Crippen LogP contribution >= 0.6 is 0 Å². The summed E-state index contributed by atoms with van der Waals surface area (Å²) in [4.78, 5) is 2.24. The summed E-state index contributed by atoms with van der Waals surface area (Å²) in [5.41, 5.74) is 1.11. The van der Waals surface area contributed by atoms with Crippen molar-refractivity contribution >= 4 is 5.69 Å². The lowest BCUT2D eigenvalue weighted by molar-refractivity contribution is 0.623. The third-order valence-electron chi connectivity index (χ3n) is 3.04. The molecule has 1 aliphatic heterocycles. The maximum absolute atomic E-state index is 13.2. The van der Waals surface area contributed by atoms with Crippen LogP contribution in [0.3, 0.4) is 0 Å². The Hall–Kier alpha value is -1.56. The quantitative estimate of drug-likeness (QED) is 0.724. The molecule has 1 aromatic carbocycles. The van der Waals surface area contributed by atoms with E-state index in [9.17, 15) is 4.39 Å². The van der Waals surface area contributed by atoms with E-state index in [0.29, 0.717) is 0 Å². The first kappa shape index (κ1) is 10.9. The van der Waals surface area contributed by atoms with Crippen LogP contribution in [-0.4, -0.2) is 13.1 Å². The van der Waals surface area contributed by atoms with Gasteiger partial charge in [0, 0.05) is 18.8 Å². The summed E-state index contributed by atoms with van der Waals surface area (Å²) in [6.45, 7) is 2.02. The minimum atomic E-state index is -0.430. The van der Waals surface area contributed by atoms with Gasteiger partial charge in [0.2, 0.25) is 0 Å². The molecule has 0 aliphatic carbocycles. The second kappa shape index (κ2) is 4.98. The van der Waals surface area contributed by atoms with Gasteiger partial charge in [-0.2, -0.15) is 5.26 Å².